The van der Waals surface area contributed by atoms with Gasteiger partial charge in [-0.05, 0) is 49.4 Å². The summed E-state index contributed by atoms with van der Waals surface area (Å²) in [5.41, 5.74) is 0. The molecule has 0 radical (unpaired) electrons. The van der Waals surface area contributed by atoms with Crippen LogP contribution < -0.4 is 19.5 Å². The SMILES string of the molecule is CCOc1ccc(OCCNC(=O)COc2ccc(F)cc2Cl)cc1. The molecular formula is C18H19ClFNO4. The lowest BCUT2D eigenvalue weighted by atomic mass is 10.3. The minimum Gasteiger partial charge on any atom is -0.494 e. The van der Waals surface area contributed by atoms with Crippen LogP contribution in [0.4, 0.5) is 4.39 Å². The smallest absolute Gasteiger partial charge is 0.258 e. The number of carbonyl (C=O) groups excluding carboxylic acids is 1. The molecule has 25 heavy (non-hydrogen) atoms. The van der Waals surface area contributed by atoms with Crippen LogP contribution in [0.25, 0.3) is 0 Å². The average Bonchev–Trinajstić information content (AvgIpc) is 2.59. The second kappa shape index (κ2) is 9.74. The number of halogens is 2. The molecule has 0 saturated heterocycles. The second-order valence-electron chi connectivity index (χ2n) is 4.97. The van der Waals surface area contributed by atoms with Crippen molar-refractivity contribution in [1.82, 2.24) is 5.32 Å². The van der Waals surface area contributed by atoms with Crippen LogP contribution in [0, 0.1) is 5.82 Å². The Hall–Kier alpha value is -2.47. The first-order valence-electron chi connectivity index (χ1n) is 7.78. The van der Waals surface area contributed by atoms with Crippen LogP contribution in [-0.2, 0) is 4.79 Å². The molecular weight excluding hydrogens is 349 g/mol. The van der Waals surface area contributed by atoms with Crippen molar-refractivity contribution in [2.45, 2.75) is 6.92 Å². The van der Waals surface area contributed by atoms with Gasteiger partial charge < -0.3 is 19.5 Å². The highest BCUT2D eigenvalue weighted by Gasteiger charge is 2.06. The summed E-state index contributed by atoms with van der Waals surface area (Å²) in [6, 6.07) is 10.9. The lowest BCUT2D eigenvalue weighted by Crippen LogP contribution is -2.32. The van der Waals surface area contributed by atoms with Crippen molar-refractivity contribution in [2.75, 3.05) is 26.4 Å². The van der Waals surface area contributed by atoms with E-state index in [4.69, 9.17) is 25.8 Å². The zero-order valence-electron chi connectivity index (χ0n) is 13.8. The van der Waals surface area contributed by atoms with Gasteiger partial charge in [0.1, 0.15) is 29.7 Å². The Balaban J connectivity index is 1.65. The van der Waals surface area contributed by atoms with Gasteiger partial charge in [-0.3, -0.25) is 4.79 Å². The number of amides is 1. The molecule has 2 aromatic rings. The second-order valence-corrected chi connectivity index (χ2v) is 5.37. The van der Waals surface area contributed by atoms with E-state index in [2.05, 4.69) is 5.32 Å². The van der Waals surface area contributed by atoms with E-state index in [0.717, 1.165) is 11.8 Å². The van der Waals surface area contributed by atoms with Gasteiger partial charge in [0, 0.05) is 0 Å². The summed E-state index contributed by atoms with van der Waals surface area (Å²) in [7, 11) is 0. The van der Waals surface area contributed by atoms with Gasteiger partial charge in [-0.25, -0.2) is 4.39 Å². The summed E-state index contributed by atoms with van der Waals surface area (Å²) in [5.74, 6) is 0.930. The quantitative estimate of drug-likeness (QED) is 0.690. The molecule has 5 nitrogen and oxygen atoms in total. The number of nitrogens with one attached hydrogen (secondary N) is 1. The highest BCUT2D eigenvalue weighted by Crippen LogP contribution is 2.24. The van der Waals surface area contributed by atoms with Crippen LogP contribution in [0.15, 0.2) is 42.5 Å². The van der Waals surface area contributed by atoms with Crippen molar-refractivity contribution in [3.05, 3.63) is 53.3 Å². The van der Waals surface area contributed by atoms with Gasteiger partial charge in [0.15, 0.2) is 6.61 Å². The third-order valence-corrected chi connectivity index (χ3v) is 3.38. The van der Waals surface area contributed by atoms with Gasteiger partial charge in [-0.1, -0.05) is 11.6 Å². The highest BCUT2D eigenvalue weighted by atomic mass is 35.5. The molecule has 7 heteroatoms. The van der Waals surface area contributed by atoms with Crippen LogP contribution in [0.5, 0.6) is 17.2 Å². The summed E-state index contributed by atoms with van der Waals surface area (Å²) in [5, 5.41) is 2.77. The normalized spacial score (nSPS) is 10.2. The van der Waals surface area contributed by atoms with Gasteiger partial charge in [-0.2, -0.15) is 0 Å². The number of benzene rings is 2. The summed E-state index contributed by atoms with van der Waals surface area (Å²) in [6.07, 6.45) is 0. The Morgan fingerprint density at radius 2 is 1.76 bits per heavy atom. The fraction of sp³-hybridized carbons (Fsp3) is 0.278. The number of ether oxygens (including phenoxy) is 3. The highest BCUT2D eigenvalue weighted by molar-refractivity contribution is 6.32. The summed E-state index contributed by atoms with van der Waals surface area (Å²) in [6.45, 7) is 2.95. The molecule has 0 spiro atoms. The number of hydrogen-bond acceptors (Lipinski definition) is 4. The topological polar surface area (TPSA) is 56.8 Å². The van der Waals surface area contributed by atoms with Gasteiger partial charge in [0.05, 0.1) is 18.2 Å². The van der Waals surface area contributed by atoms with E-state index in [1.165, 1.54) is 12.1 Å². The minimum atomic E-state index is -0.465. The zero-order chi connectivity index (χ0) is 18.1. The molecule has 134 valence electrons. The van der Waals surface area contributed by atoms with Crippen molar-refractivity contribution in [1.29, 1.82) is 0 Å². The predicted octanol–water partition coefficient (Wildman–Crippen LogP) is 3.45. The van der Waals surface area contributed by atoms with Crippen LogP contribution in [-0.4, -0.2) is 32.3 Å². The van der Waals surface area contributed by atoms with Crippen molar-refractivity contribution in [2.24, 2.45) is 0 Å². The monoisotopic (exact) mass is 367 g/mol. The Bertz CT molecular complexity index is 694. The predicted molar refractivity (Wildman–Crippen MR) is 93.0 cm³/mol. The molecule has 0 saturated carbocycles. The van der Waals surface area contributed by atoms with Crippen LogP contribution >= 0.6 is 11.6 Å². The maximum Gasteiger partial charge on any atom is 0.258 e. The minimum absolute atomic E-state index is 0.117. The van der Waals surface area contributed by atoms with E-state index in [1.54, 1.807) is 12.1 Å². The van der Waals surface area contributed by atoms with E-state index < -0.39 is 5.82 Å². The number of hydrogen-bond donors (Lipinski definition) is 1. The summed E-state index contributed by atoms with van der Waals surface area (Å²) < 4.78 is 29.0. The van der Waals surface area contributed by atoms with Crippen molar-refractivity contribution < 1.29 is 23.4 Å². The van der Waals surface area contributed by atoms with Crippen molar-refractivity contribution in [3.8, 4) is 17.2 Å². The molecule has 2 rings (SSSR count). The van der Waals surface area contributed by atoms with E-state index in [1.807, 2.05) is 19.1 Å². The molecule has 0 bridgehead atoms. The Kier molecular flexibility index (Phi) is 7.35. The third kappa shape index (κ3) is 6.51. The lowest BCUT2D eigenvalue weighted by Gasteiger charge is -2.10. The standard InChI is InChI=1S/C18H19ClFNO4/c1-2-23-14-4-6-15(7-5-14)24-10-9-21-18(22)12-25-17-8-3-13(20)11-16(17)19/h3-8,11H,2,9-10,12H2,1H3,(H,21,22). The first-order chi connectivity index (χ1) is 12.1. The van der Waals surface area contributed by atoms with Crippen molar-refractivity contribution in [3.63, 3.8) is 0 Å². The average molecular weight is 368 g/mol. The molecule has 0 aromatic heterocycles. The molecule has 0 aliphatic carbocycles. The molecule has 0 aliphatic rings. The fourth-order valence-electron chi connectivity index (χ4n) is 1.94. The Morgan fingerprint density at radius 1 is 1.08 bits per heavy atom. The molecule has 0 heterocycles. The van der Waals surface area contributed by atoms with E-state index in [0.29, 0.717) is 25.5 Å². The van der Waals surface area contributed by atoms with E-state index >= 15 is 0 Å². The maximum atomic E-state index is 12.9. The first-order valence-corrected chi connectivity index (χ1v) is 8.16. The van der Waals surface area contributed by atoms with Gasteiger partial charge in [0.25, 0.3) is 5.91 Å². The zero-order valence-corrected chi connectivity index (χ0v) is 14.5. The molecule has 0 unspecified atom stereocenters. The summed E-state index contributed by atoms with van der Waals surface area (Å²) in [4.78, 5) is 11.7. The number of carbonyl (C=O) groups is 1. The molecule has 0 aliphatic heterocycles. The third-order valence-electron chi connectivity index (χ3n) is 3.08. The van der Waals surface area contributed by atoms with E-state index in [-0.39, 0.29) is 23.3 Å². The largest absolute Gasteiger partial charge is 0.494 e. The van der Waals surface area contributed by atoms with Crippen LogP contribution in [0.1, 0.15) is 6.92 Å². The fourth-order valence-corrected chi connectivity index (χ4v) is 2.17. The molecule has 1 amide bonds. The van der Waals surface area contributed by atoms with E-state index in [9.17, 15) is 9.18 Å². The van der Waals surface area contributed by atoms with Crippen molar-refractivity contribution >= 4 is 17.5 Å². The molecule has 0 atom stereocenters. The molecule has 1 N–H and O–H groups in total. The Labute approximate surface area is 150 Å². The number of rotatable bonds is 9. The first kappa shape index (κ1) is 18.9. The van der Waals surface area contributed by atoms with Gasteiger partial charge in [0.2, 0.25) is 0 Å². The molecule has 2 aromatic carbocycles. The van der Waals surface area contributed by atoms with Gasteiger partial charge >= 0.3 is 0 Å². The molecule has 0 fully saturated rings. The Morgan fingerprint density at radius 3 is 2.40 bits per heavy atom. The van der Waals surface area contributed by atoms with Gasteiger partial charge in [-0.15, -0.1) is 0 Å². The maximum absolute atomic E-state index is 12.9. The lowest BCUT2D eigenvalue weighted by molar-refractivity contribution is -0.123. The van der Waals surface area contributed by atoms with Crippen LogP contribution in [0.2, 0.25) is 5.02 Å². The van der Waals surface area contributed by atoms with Crippen LogP contribution in [0.3, 0.4) is 0 Å². The summed E-state index contributed by atoms with van der Waals surface area (Å²) >= 11 is 5.81.